The molecule has 1 aliphatic carbocycles. The highest BCUT2D eigenvalue weighted by molar-refractivity contribution is 7.99. The summed E-state index contributed by atoms with van der Waals surface area (Å²) in [6.45, 7) is 0. The van der Waals surface area contributed by atoms with Crippen molar-refractivity contribution in [1.82, 2.24) is 15.1 Å². The Morgan fingerprint density at radius 3 is 2.64 bits per heavy atom. The number of anilines is 2. The Hall–Kier alpha value is -2.87. The average Bonchev–Trinajstić information content (AvgIpc) is 3.44. The van der Waals surface area contributed by atoms with Crippen molar-refractivity contribution in [2.45, 2.75) is 23.8 Å². The molecule has 0 bridgehead atoms. The molecule has 0 radical (unpaired) electrons. The fourth-order valence-corrected chi connectivity index (χ4v) is 3.27. The van der Waals surface area contributed by atoms with Gasteiger partial charge in [0.05, 0.1) is 16.3 Å². The highest BCUT2D eigenvalue weighted by Gasteiger charge is 2.29. The first kappa shape index (κ1) is 18.5. The molecule has 1 aliphatic rings. The summed E-state index contributed by atoms with van der Waals surface area (Å²) in [5.41, 5.74) is 2.65. The van der Waals surface area contributed by atoms with Gasteiger partial charge < -0.3 is 14.7 Å². The first-order valence-electron chi connectivity index (χ1n) is 9.08. The van der Waals surface area contributed by atoms with Crippen molar-refractivity contribution in [3.05, 3.63) is 48.4 Å². The van der Waals surface area contributed by atoms with Crippen LogP contribution in [0.3, 0.4) is 0 Å². The Kier molecular flexibility index (Phi) is 5.29. The molecule has 0 saturated heterocycles. The lowest BCUT2D eigenvalue weighted by Crippen LogP contribution is -2.14. The lowest BCUT2D eigenvalue weighted by Gasteiger charge is -2.13. The quantitative estimate of drug-likeness (QED) is 0.609. The summed E-state index contributed by atoms with van der Waals surface area (Å²) in [6, 6.07) is 11.5. The van der Waals surface area contributed by atoms with E-state index >= 15 is 0 Å². The van der Waals surface area contributed by atoms with E-state index in [-0.39, 0.29) is 11.7 Å². The lowest BCUT2D eigenvalue weighted by molar-refractivity contribution is -0.113. The molecule has 1 N–H and O–H groups in total. The summed E-state index contributed by atoms with van der Waals surface area (Å²) < 4.78 is 5.30. The second-order valence-electron chi connectivity index (χ2n) is 6.90. The van der Waals surface area contributed by atoms with Crippen LogP contribution < -0.4 is 10.2 Å². The molecule has 2 heterocycles. The molecule has 0 spiro atoms. The lowest BCUT2D eigenvalue weighted by atomic mass is 10.2. The predicted octanol–water partition coefficient (Wildman–Crippen LogP) is 3.81. The van der Waals surface area contributed by atoms with Gasteiger partial charge >= 0.3 is 0 Å². The zero-order valence-corrected chi connectivity index (χ0v) is 16.6. The van der Waals surface area contributed by atoms with Crippen molar-refractivity contribution in [3.63, 3.8) is 0 Å². The maximum Gasteiger partial charge on any atom is 0.259 e. The van der Waals surface area contributed by atoms with Crippen LogP contribution in [0.4, 0.5) is 11.4 Å². The molecule has 0 unspecified atom stereocenters. The molecule has 1 aromatic carbocycles. The van der Waals surface area contributed by atoms with Crippen molar-refractivity contribution in [3.8, 4) is 11.5 Å². The summed E-state index contributed by atoms with van der Waals surface area (Å²) in [5, 5.41) is 7.68. The minimum absolute atomic E-state index is 0.0699. The van der Waals surface area contributed by atoms with Crippen molar-refractivity contribution >= 4 is 29.0 Å². The number of amides is 1. The Morgan fingerprint density at radius 2 is 2.00 bits per heavy atom. The fraction of sp³-hybridized carbons (Fsp3) is 0.300. The Labute approximate surface area is 167 Å². The number of pyridine rings is 1. The van der Waals surface area contributed by atoms with Gasteiger partial charge in [0.2, 0.25) is 5.91 Å². The van der Waals surface area contributed by atoms with Crippen LogP contribution in [0, 0.1) is 0 Å². The maximum atomic E-state index is 12.2. The van der Waals surface area contributed by atoms with Gasteiger partial charge in [-0.3, -0.25) is 4.79 Å². The largest absolute Gasteiger partial charge is 0.378 e. The van der Waals surface area contributed by atoms with Crippen LogP contribution in [0.2, 0.25) is 0 Å². The molecule has 0 aliphatic heterocycles. The zero-order chi connectivity index (χ0) is 19.5. The zero-order valence-electron chi connectivity index (χ0n) is 15.8. The summed E-state index contributed by atoms with van der Waals surface area (Å²) in [6.07, 6.45) is 3.97. The molecular weight excluding hydrogens is 374 g/mol. The number of hydrogen-bond donors (Lipinski definition) is 1. The van der Waals surface area contributed by atoms with Crippen LogP contribution >= 0.6 is 11.8 Å². The van der Waals surface area contributed by atoms with Crippen LogP contribution in [-0.2, 0) is 4.79 Å². The topological polar surface area (TPSA) is 84.2 Å². The van der Waals surface area contributed by atoms with Crippen LogP contribution in [0.1, 0.15) is 24.6 Å². The van der Waals surface area contributed by atoms with Gasteiger partial charge in [0, 0.05) is 37.6 Å². The van der Waals surface area contributed by atoms with E-state index in [1.54, 1.807) is 6.20 Å². The van der Waals surface area contributed by atoms with E-state index in [4.69, 9.17) is 4.52 Å². The third-order valence-corrected chi connectivity index (χ3v) is 5.33. The van der Waals surface area contributed by atoms with E-state index in [9.17, 15) is 4.79 Å². The third kappa shape index (κ3) is 4.51. The second-order valence-corrected chi connectivity index (χ2v) is 7.89. The maximum absolute atomic E-state index is 12.2. The molecule has 144 valence electrons. The van der Waals surface area contributed by atoms with Gasteiger partial charge in [-0.2, -0.15) is 4.98 Å². The van der Waals surface area contributed by atoms with Gasteiger partial charge in [0.1, 0.15) is 0 Å². The fourth-order valence-electron chi connectivity index (χ4n) is 2.63. The molecular formula is C20H21N5O2S. The van der Waals surface area contributed by atoms with Crippen LogP contribution in [0.15, 0.2) is 52.1 Å². The number of thioether (sulfide) groups is 1. The summed E-state index contributed by atoms with van der Waals surface area (Å²) >= 11 is 1.38. The molecule has 7 nitrogen and oxygen atoms in total. The van der Waals surface area contributed by atoms with Crippen molar-refractivity contribution in [2.24, 2.45) is 0 Å². The van der Waals surface area contributed by atoms with E-state index in [1.807, 2.05) is 55.4 Å². The number of hydrogen-bond acceptors (Lipinski definition) is 7. The number of carbonyl (C=O) groups excluding carboxylic acids is 1. The third-order valence-electron chi connectivity index (χ3n) is 4.39. The number of nitrogens with one attached hydrogen (secondary N) is 1. The van der Waals surface area contributed by atoms with Gasteiger partial charge in [-0.1, -0.05) is 16.9 Å². The number of aromatic nitrogens is 3. The molecule has 0 atom stereocenters. The number of carbonyl (C=O) groups is 1. The molecule has 2 aromatic heterocycles. The Morgan fingerprint density at radius 1 is 1.21 bits per heavy atom. The molecule has 28 heavy (non-hydrogen) atoms. The Bertz CT molecular complexity index is 949. The minimum Gasteiger partial charge on any atom is -0.378 e. The van der Waals surface area contributed by atoms with E-state index < -0.39 is 0 Å². The number of benzene rings is 1. The van der Waals surface area contributed by atoms with Gasteiger partial charge in [-0.25, -0.2) is 4.98 Å². The monoisotopic (exact) mass is 395 g/mol. The molecule has 1 saturated carbocycles. The van der Waals surface area contributed by atoms with Crippen LogP contribution in [0.25, 0.3) is 11.5 Å². The van der Waals surface area contributed by atoms with E-state index in [2.05, 4.69) is 20.4 Å². The second kappa shape index (κ2) is 8.02. The summed E-state index contributed by atoms with van der Waals surface area (Å²) in [4.78, 5) is 23.0. The highest BCUT2D eigenvalue weighted by atomic mass is 32.2. The summed E-state index contributed by atoms with van der Waals surface area (Å²) in [5.74, 6) is 1.94. The van der Waals surface area contributed by atoms with Crippen LogP contribution in [0.5, 0.6) is 0 Å². The van der Waals surface area contributed by atoms with Crippen molar-refractivity contribution in [2.75, 3.05) is 30.1 Å². The standard InChI is InChI=1S/C20H21N5O2S/c1-25(2)16-8-6-15(7-9-16)22-17(26)12-28-18-10-5-14(11-21-18)20-23-19(24-27-20)13-3-4-13/h5-11,13H,3-4,12H2,1-2H3,(H,22,26). The van der Waals surface area contributed by atoms with Crippen LogP contribution in [-0.4, -0.2) is 40.9 Å². The van der Waals surface area contributed by atoms with Gasteiger partial charge in [0.15, 0.2) is 5.82 Å². The minimum atomic E-state index is -0.0699. The Balaban J connectivity index is 1.29. The first-order valence-corrected chi connectivity index (χ1v) is 10.1. The molecule has 1 amide bonds. The normalized spacial score (nSPS) is 13.4. The number of rotatable bonds is 7. The predicted molar refractivity (Wildman–Crippen MR) is 110 cm³/mol. The van der Waals surface area contributed by atoms with Crippen molar-refractivity contribution < 1.29 is 9.32 Å². The molecule has 3 aromatic rings. The molecule has 8 heteroatoms. The van der Waals surface area contributed by atoms with Gasteiger partial charge in [-0.15, -0.1) is 0 Å². The average molecular weight is 395 g/mol. The van der Waals surface area contributed by atoms with E-state index in [1.165, 1.54) is 11.8 Å². The van der Waals surface area contributed by atoms with Crippen molar-refractivity contribution in [1.29, 1.82) is 0 Å². The van der Waals surface area contributed by atoms with Gasteiger partial charge in [-0.05, 0) is 49.2 Å². The SMILES string of the molecule is CN(C)c1ccc(NC(=O)CSc2ccc(-c3nc(C4CC4)no3)cn2)cc1. The highest BCUT2D eigenvalue weighted by Crippen LogP contribution is 2.38. The summed E-state index contributed by atoms with van der Waals surface area (Å²) in [7, 11) is 3.96. The number of nitrogens with zero attached hydrogens (tertiary/aromatic N) is 4. The van der Waals surface area contributed by atoms with E-state index in [0.717, 1.165) is 40.6 Å². The first-order chi connectivity index (χ1) is 13.6. The van der Waals surface area contributed by atoms with E-state index in [0.29, 0.717) is 11.8 Å². The smallest absolute Gasteiger partial charge is 0.259 e. The molecule has 1 fully saturated rings. The molecule has 4 rings (SSSR count). The van der Waals surface area contributed by atoms with Gasteiger partial charge in [0.25, 0.3) is 5.89 Å².